The van der Waals surface area contributed by atoms with Crippen molar-refractivity contribution in [3.63, 3.8) is 0 Å². The molecule has 0 aliphatic carbocycles. The van der Waals surface area contributed by atoms with Gasteiger partial charge in [-0.3, -0.25) is 0 Å². The number of aromatic nitrogens is 2. The second-order valence-corrected chi connectivity index (χ2v) is 4.29. The lowest BCUT2D eigenvalue weighted by molar-refractivity contribution is 0.422. The van der Waals surface area contributed by atoms with Crippen molar-refractivity contribution in [2.75, 3.05) is 0 Å². The van der Waals surface area contributed by atoms with E-state index in [1.807, 2.05) is 0 Å². The number of phenolic OH excluding ortho intramolecular Hbond substituents is 3. The van der Waals surface area contributed by atoms with E-state index in [0.29, 0.717) is 5.56 Å². The van der Waals surface area contributed by atoms with E-state index in [9.17, 15) is 14.6 Å². The second-order valence-electron chi connectivity index (χ2n) is 4.29. The molecule has 7 heteroatoms. The fraction of sp³-hybridized carbons (Fsp3) is 0. The fourth-order valence-electron chi connectivity index (χ4n) is 1.80. The summed E-state index contributed by atoms with van der Waals surface area (Å²) in [5, 5.41) is 31.8. The Hall–Kier alpha value is -3.09. The third kappa shape index (κ3) is 2.36. The van der Waals surface area contributed by atoms with Gasteiger partial charge in [-0.25, -0.2) is 4.39 Å². The van der Waals surface area contributed by atoms with Crippen LogP contribution < -0.4 is 0 Å². The second kappa shape index (κ2) is 4.78. The van der Waals surface area contributed by atoms with E-state index in [2.05, 4.69) is 10.1 Å². The van der Waals surface area contributed by atoms with E-state index in [0.717, 1.165) is 12.1 Å². The molecule has 0 saturated heterocycles. The highest BCUT2D eigenvalue weighted by Gasteiger charge is 2.15. The number of phenols is 3. The van der Waals surface area contributed by atoms with Crippen LogP contribution in [0.3, 0.4) is 0 Å². The summed E-state index contributed by atoms with van der Waals surface area (Å²) in [4.78, 5) is 4.04. The molecule has 0 fully saturated rings. The lowest BCUT2D eigenvalue weighted by atomic mass is 10.2. The Kier molecular flexibility index (Phi) is 2.94. The van der Waals surface area contributed by atoms with Gasteiger partial charge in [0.1, 0.15) is 11.5 Å². The number of hydrogen-bond donors (Lipinski definition) is 3. The normalized spacial score (nSPS) is 10.7. The summed E-state index contributed by atoms with van der Waals surface area (Å²) >= 11 is 0. The third-order valence-corrected chi connectivity index (χ3v) is 2.84. The van der Waals surface area contributed by atoms with E-state index in [4.69, 9.17) is 9.63 Å². The zero-order valence-corrected chi connectivity index (χ0v) is 10.5. The molecule has 106 valence electrons. The molecule has 3 N–H and O–H groups in total. The summed E-state index contributed by atoms with van der Waals surface area (Å²) in [6.45, 7) is 0. The smallest absolute Gasteiger partial charge is 0.262 e. The summed E-state index contributed by atoms with van der Waals surface area (Å²) in [5.41, 5.74) is 0.560. The molecule has 0 atom stereocenters. The Balaban J connectivity index is 2.01. The van der Waals surface area contributed by atoms with Gasteiger partial charge < -0.3 is 19.8 Å². The van der Waals surface area contributed by atoms with Crippen molar-refractivity contribution in [1.82, 2.24) is 10.1 Å². The quantitative estimate of drug-likeness (QED) is 0.670. The molecule has 0 radical (unpaired) electrons. The number of aromatic hydroxyl groups is 3. The first kappa shape index (κ1) is 12.9. The first-order chi connectivity index (χ1) is 10.0. The van der Waals surface area contributed by atoms with Gasteiger partial charge in [-0.05, 0) is 30.3 Å². The van der Waals surface area contributed by atoms with Crippen molar-refractivity contribution in [3.05, 3.63) is 42.2 Å². The first-order valence-electron chi connectivity index (χ1n) is 5.89. The van der Waals surface area contributed by atoms with Gasteiger partial charge in [0.25, 0.3) is 5.89 Å². The van der Waals surface area contributed by atoms with Crippen LogP contribution in [0.2, 0.25) is 0 Å². The summed E-state index contributed by atoms with van der Waals surface area (Å²) in [6, 6.07) is 7.60. The summed E-state index contributed by atoms with van der Waals surface area (Å²) in [7, 11) is 0. The number of hydrogen-bond acceptors (Lipinski definition) is 6. The monoisotopic (exact) mass is 288 g/mol. The van der Waals surface area contributed by atoms with E-state index in [-0.39, 0.29) is 28.8 Å². The van der Waals surface area contributed by atoms with Gasteiger partial charge in [0.2, 0.25) is 5.82 Å². The van der Waals surface area contributed by atoms with Gasteiger partial charge in [0.05, 0.1) is 5.56 Å². The van der Waals surface area contributed by atoms with Gasteiger partial charge >= 0.3 is 0 Å². The number of rotatable bonds is 2. The average molecular weight is 288 g/mol. The standard InChI is InChI=1S/C14H9FN2O4/c15-10-5-7(1-4-11(10)19)13-16-14(21-17-13)9-3-2-8(18)6-12(9)20/h1-6,18-20H. The maximum Gasteiger partial charge on any atom is 0.262 e. The maximum absolute atomic E-state index is 13.3. The van der Waals surface area contributed by atoms with Crippen LogP contribution in [0.5, 0.6) is 17.2 Å². The van der Waals surface area contributed by atoms with Gasteiger partial charge in [0.15, 0.2) is 11.6 Å². The van der Waals surface area contributed by atoms with Crippen LogP contribution in [0.1, 0.15) is 0 Å². The maximum atomic E-state index is 13.3. The summed E-state index contributed by atoms with van der Waals surface area (Å²) in [5.74, 6) is -1.46. The minimum absolute atomic E-state index is 0.0241. The van der Waals surface area contributed by atoms with Gasteiger partial charge in [-0.15, -0.1) is 0 Å². The Bertz CT molecular complexity index is 816. The van der Waals surface area contributed by atoms with Crippen molar-refractivity contribution in [1.29, 1.82) is 0 Å². The molecule has 1 heterocycles. The van der Waals surface area contributed by atoms with Crippen molar-refractivity contribution in [3.8, 4) is 40.1 Å². The molecule has 3 rings (SSSR count). The Morgan fingerprint density at radius 1 is 0.952 bits per heavy atom. The van der Waals surface area contributed by atoms with E-state index in [1.165, 1.54) is 24.3 Å². The number of halogens is 1. The summed E-state index contributed by atoms with van der Waals surface area (Å²) in [6.07, 6.45) is 0. The molecule has 2 aromatic carbocycles. The highest BCUT2D eigenvalue weighted by molar-refractivity contribution is 5.66. The fourth-order valence-corrected chi connectivity index (χ4v) is 1.80. The lowest BCUT2D eigenvalue weighted by Crippen LogP contribution is -1.84. The molecule has 0 spiro atoms. The third-order valence-electron chi connectivity index (χ3n) is 2.84. The predicted molar refractivity (Wildman–Crippen MR) is 70.1 cm³/mol. The molecule has 21 heavy (non-hydrogen) atoms. The molecule has 0 aliphatic heterocycles. The molecular formula is C14H9FN2O4. The van der Waals surface area contributed by atoms with Crippen molar-refractivity contribution in [2.45, 2.75) is 0 Å². The Morgan fingerprint density at radius 3 is 2.48 bits per heavy atom. The minimum atomic E-state index is -0.800. The zero-order chi connectivity index (χ0) is 15.0. The van der Waals surface area contributed by atoms with Crippen LogP contribution in [0.15, 0.2) is 40.9 Å². The number of benzene rings is 2. The first-order valence-corrected chi connectivity index (χ1v) is 5.89. The Labute approximate surface area is 117 Å². The highest BCUT2D eigenvalue weighted by Crippen LogP contribution is 2.32. The van der Waals surface area contributed by atoms with E-state index < -0.39 is 11.6 Å². The largest absolute Gasteiger partial charge is 0.508 e. The van der Waals surface area contributed by atoms with Crippen LogP contribution in [-0.4, -0.2) is 25.5 Å². The van der Waals surface area contributed by atoms with Gasteiger partial charge in [-0.1, -0.05) is 5.16 Å². The topological polar surface area (TPSA) is 99.6 Å². The van der Waals surface area contributed by atoms with Crippen LogP contribution in [-0.2, 0) is 0 Å². The zero-order valence-electron chi connectivity index (χ0n) is 10.5. The summed E-state index contributed by atoms with van der Waals surface area (Å²) < 4.78 is 18.3. The van der Waals surface area contributed by atoms with Gasteiger partial charge in [0, 0.05) is 11.6 Å². The molecule has 1 aromatic heterocycles. The van der Waals surface area contributed by atoms with E-state index >= 15 is 0 Å². The van der Waals surface area contributed by atoms with E-state index in [1.54, 1.807) is 0 Å². The van der Waals surface area contributed by atoms with Crippen LogP contribution in [0.25, 0.3) is 22.8 Å². The van der Waals surface area contributed by atoms with Crippen molar-refractivity contribution < 1.29 is 24.2 Å². The van der Waals surface area contributed by atoms with Crippen molar-refractivity contribution in [2.24, 2.45) is 0 Å². The highest BCUT2D eigenvalue weighted by atomic mass is 19.1. The molecule has 6 nitrogen and oxygen atoms in total. The molecule has 0 unspecified atom stereocenters. The SMILES string of the molecule is Oc1ccc(-c2nc(-c3ccc(O)c(F)c3)no2)c(O)c1. The van der Waals surface area contributed by atoms with Crippen LogP contribution in [0.4, 0.5) is 4.39 Å². The molecule has 0 bridgehead atoms. The molecular weight excluding hydrogens is 279 g/mol. The molecule has 0 saturated carbocycles. The number of nitrogens with zero attached hydrogens (tertiary/aromatic N) is 2. The van der Waals surface area contributed by atoms with Crippen molar-refractivity contribution >= 4 is 0 Å². The molecule has 0 aliphatic rings. The predicted octanol–water partition coefficient (Wildman–Crippen LogP) is 2.66. The molecule has 0 amide bonds. The minimum Gasteiger partial charge on any atom is -0.508 e. The average Bonchev–Trinajstić information content (AvgIpc) is 2.91. The Morgan fingerprint density at radius 2 is 1.76 bits per heavy atom. The molecule has 3 aromatic rings. The van der Waals surface area contributed by atoms with Crippen LogP contribution in [0, 0.1) is 5.82 Å². The van der Waals surface area contributed by atoms with Gasteiger partial charge in [-0.2, -0.15) is 4.98 Å². The van der Waals surface area contributed by atoms with Crippen LogP contribution >= 0.6 is 0 Å². The lowest BCUT2D eigenvalue weighted by Gasteiger charge is -1.99.